The monoisotopic (exact) mass is 395 g/mol. The number of sulfonamides is 1. The lowest BCUT2D eigenvalue weighted by molar-refractivity contribution is 0.0951. The molecule has 0 radical (unpaired) electrons. The van der Waals surface area contributed by atoms with E-state index in [9.17, 15) is 13.2 Å². The number of benzene rings is 2. The van der Waals surface area contributed by atoms with Crippen molar-refractivity contribution in [3.05, 3.63) is 89.2 Å². The molecular weight excluding hydrogens is 374 g/mol. The van der Waals surface area contributed by atoms with Crippen LogP contribution in [-0.2, 0) is 16.6 Å². The summed E-state index contributed by atoms with van der Waals surface area (Å²) in [4.78, 5) is 16.3. The van der Waals surface area contributed by atoms with Gasteiger partial charge in [0.2, 0.25) is 0 Å². The van der Waals surface area contributed by atoms with Gasteiger partial charge in [-0.3, -0.25) is 14.5 Å². The Morgan fingerprint density at radius 1 is 1.00 bits per heavy atom. The molecule has 0 aliphatic carbocycles. The molecule has 3 rings (SSSR count). The Bertz CT molecular complexity index is 1080. The molecule has 2 aromatic carbocycles. The number of anilines is 1. The van der Waals surface area contributed by atoms with E-state index in [0.29, 0.717) is 17.8 Å². The zero-order valence-electron chi connectivity index (χ0n) is 15.6. The highest BCUT2D eigenvalue weighted by Crippen LogP contribution is 2.19. The highest BCUT2D eigenvalue weighted by Gasteiger charge is 2.15. The molecule has 0 fully saturated rings. The molecule has 1 aromatic heterocycles. The van der Waals surface area contributed by atoms with Crippen LogP contribution in [0, 0.1) is 13.8 Å². The maximum absolute atomic E-state index is 12.6. The number of amides is 1. The van der Waals surface area contributed by atoms with Gasteiger partial charge in [0.05, 0.1) is 4.90 Å². The molecule has 144 valence electrons. The van der Waals surface area contributed by atoms with Gasteiger partial charge < -0.3 is 5.32 Å². The first kappa shape index (κ1) is 19.6. The zero-order chi connectivity index (χ0) is 20.1. The van der Waals surface area contributed by atoms with E-state index in [1.165, 1.54) is 24.3 Å². The first-order valence-electron chi connectivity index (χ1n) is 8.72. The topological polar surface area (TPSA) is 88.2 Å². The second-order valence-electron chi connectivity index (χ2n) is 6.47. The van der Waals surface area contributed by atoms with Crippen LogP contribution in [0.4, 0.5) is 5.69 Å². The molecule has 0 saturated heterocycles. The van der Waals surface area contributed by atoms with Crippen LogP contribution >= 0.6 is 0 Å². The summed E-state index contributed by atoms with van der Waals surface area (Å²) >= 11 is 0. The van der Waals surface area contributed by atoms with Crippen molar-refractivity contribution in [1.29, 1.82) is 0 Å². The van der Waals surface area contributed by atoms with Crippen LogP contribution in [0.5, 0.6) is 0 Å². The number of hydrogen-bond acceptors (Lipinski definition) is 4. The standard InChI is InChI=1S/C21H21N3O3S/c1-15-5-8-19(12-16(15)2)24-28(26,27)20-9-6-18(7-10-20)21(25)23-14-17-4-3-11-22-13-17/h3-13,24H,14H2,1-2H3,(H,23,25). The fourth-order valence-corrected chi connectivity index (χ4v) is 3.64. The van der Waals surface area contributed by atoms with E-state index in [0.717, 1.165) is 16.7 Å². The fraction of sp³-hybridized carbons (Fsp3) is 0.143. The Kier molecular flexibility index (Phi) is 5.75. The third-order valence-corrected chi connectivity index (χ3v) is 5.76. The van der Waals surface area contributed by atoms with Gasteiger partial charge in [-0.1, -0.05) is 12.1 Å². The van der Waals surface area contributed by atoms with Crippen molar-refractivity contribution in [3.8, 4) is 0 Å². The zero-order valence-corrected chi connectivity index (χ0v) is 16.5. The van der Waals surface area contributed by atoms with Gasteiger partial charge in [-0.05, 0) is 73.0 Å². The minimum Gasteiger partial charge on any atom is -0.348 e. The third-order valence-electron chi connectivity index (χ3n) is 4.36. The second kappa shape index (κ2) is 8.22. The molecule has 1 amide bonds. The minimum atomic E-state index is -3.73. The number of carbonyl (C=O) groups is 1. The number of carbonyl (C=O) groups excluding carboxylic acids is 1. The van der Waals surface area contributed by atoms with Gasteiger partial charge in [0, 0.05) is 30.2 Å². The lowest BCUT2D eigenvalue weighted by atomic mass is 10.1. The maximum Gasteiger partial charge on any atom is 0.261 e. The fourth-order valence-electron chi connectivity index (χ4n) is 2.59. The molecule has 1 heterocycles. The lowest BCUT2D eigenvalue weighted by Crippen LogP contribution is -2.23. The van der Waals surface area contributed by atoms with Crippen molar-refractivity contribution in [2.45, 2.75) is 25.3 Å². The number of aryl methyl sites for hydroxylation is 2. The number of pyridine rings is 1. The number of aromatic nitrogens is 1. The molecular formula is C21H21N3O3S. The van der Waals surface area contributed by atoms with E-state index in [-0.39, 0.29) is 10.8 Å². The summed E-state index contributed by atoms with van der Waals surface area (Å²) in [5, 5.41) is 2.78. The van der Waals surface area contributed by atoms with Crippen LogP contribution in [-0.4, -0.2) is 19.3 Å². The highest BCUT2D eigenvalue weighted by molar-refractivity contribution is 7.92. The summed E-state index contributed by atoms with van der Waals surface area (Å²) in [6.45, 7) is 4.23. The lowest BCUT2D eigenvalue weighted by Gasteiger charge is -2.10. The Hall–Kier alpha value is -3.19. The van der Waals surface area contributed by atoms with Crippen LogP contribution in [0.3, 0.4) is 0 Å². The SMILES string of the molecule is Cc1ccc(NS(=O)(=O)c2ccc(C(=O)NCc3cccnc3)cc2)cc1C. The number of nitrogens with zero attached hydrogens (tertiary/aromatic N) is 1. The van der Waals surface area contributed by atoms with E-state index >= 15 is 0 Å². The molecule has 6 nitrogen and oxygen atoms in total. The van der Waals surface area contributed by atoms with Crippen molar-refractivity contribution in [1.82, 2.24) is 10.3 Å². The van der Waals surface area contributed by atoms with Crippen molar-refractivity contribution < 1.29 is 13.2 Å². The van der Waals surface area contributed by atoms with Gasteiger partial charge in [-0.25, -0.2) is 8.42 Å². The van der Waals surface area contributed by atoms with Gasteiger partial charge in [0.25, 0.3) is 15.9 Å². The summed E-state index contributed by atoms with van der Waals surface area (Å²) in [5.74, 6) is -0.282. The highest BCUT2D eigenvalue weighted by atomic mass is 32.2. The third kappa shape index (κ3) is 4.75. The molecule has 0 saturated carbocycles. The summed E-state index contributed by atoms with van der Waals surface area (Å²) < 4.78 is 27.7. The Morgan fingerprint density at radius 3 is 2.39 bits per heavy atom. The van der Waals surface area contributed by atoms with Gasteiger partial charge in [0.15, 0.2) is 0 Å². The Balaban J connectivity index is 1.68. The summed E-state index contributed by atoms with van der Waals surface area (Å²) in [7, 11) is -3.73. The van der Waals surface area contributed by atoms with Crippen molar-refractivity contribution >= 4 is 21.6 Å². The molecule has 0 unspecified atom stereocenters. The van der Waals surface area contributed by atoms with Gasteiger partial charge in [-0.2, -0.15) is 0 Å². The van der Waals surface area contributed by atoms with Gasteiger partial charge in [-0.15, -0.1) is 0 Å². The smallest absolute Gasteiger partial charge is 0.261 e. The molecule has 0 aliphatic rings. The van der Waals surface area contributed by atoms with E-state index in [2.05, 4.69) is 15.0 Å². The first-order chi connectivity index (χ1) is 13.3. The molecule has 0 atom stereocenters. The molecule has 3 aromatic rings. The normalized spacial score (nSPS) is 11.1. The number of nitrogens with one attached hydrogen (secondary N) is 2. The predicted octanol–water partition coefficient (Wildman–Crippen LogP) is 3.43. The predicted molar refractivity (Wildman–Crippen MR) is 109 cm³/mol. The van der Waals surface area contributed by atoms with Crippen LogP contribution in [0.2, 0.25) is 0 Å². The van der Waals surface area contributed by atoms with E-state index in [1.807, 2.05) is 26.0 Å². The van der Waals surface area contributed by atoms with E-state index in [1.54, 1.807) is 30.6 Å². The molecule has 7 heteroatoms. The molecule has 0 aliphatic heterocycles. The molecule has 0 bridgehead atoms. The molecule has 0 spiro atoms. The first-order valence-corrected chi connectivity index (χ1v) is 10.2. The minimum absolute atomic E-state index is 0.0922. The Morgan fingerprint density at radius 2 is 1.75 bits per heavy atom. The van der Waals surface area contributed by atoms with Crippen molar-refractivity contribution in [2.24, 2.45) is 0 Å². The maximum atomic E-state index is 12.6. The average Bonchev–Trinajstić information content (AvgIpc) is 2.69. The van der Waals surface area contributed by atoms with E-state index < -0.39 is 10.0 Å². The number of rotatable bonds is 6. The van der Waals surface area contributed by atoms with Crippen LogP contribution < -0.4 is 10.0 Å². The summed E-state index contributed by atoms with van der Waals surface area (Å²) in [6.07, 6.45) is 3.34. The number of hydrogen-bond donors (Lipinski definition) is 2. The average molecular weight is 395 g/mol. The quantitative estimate of drug-likeness (QED) is 0.669. The van der Waals surface area contributed by atoms with Gasteiger partial charge >= 0.3 is 0 Å². The van der Waals surface area contributed by atoms with Crippen LogP contribution in [0.25, 0.3) is 0 Å². The van der Waals surface area contributed by atoms with Crippen molar-refractivity contribution in [3.63, 3.8) is 0 Å². The van der Waals surface area contributed by atoms with E-state index in [4.69, 9.17) is 0 Å². The van der Waals surface area contributed by atoms with Gasteiger partial charge in [0.1, 0.15) is 0 Å². The molecule has 28 heavy (non-hydrogen) atoms. The van der Waals surface area contributed by atoms with Crippen LogP contribution in [0.15, 0.2) is 71.9 Å². The van der Waals surface area contributed by atoms with Crippen molar-refractivity contribution in [2.75, 3.05) is 4.72 Å². The Labute approximate surface area is 164 Å². The summed E-state index contributed by atoms with van der Waals surface area (Å²) in [5.41, 5.74) is 3.86. The molecule has 2 N–H and O–H groups in total. The van der Waals surface area contributed by atoms with Crippen LogP contribution in [0.1, 0.15) is 27.0 Å². The second-order valence-corrected chi connectivity index (χ2v) is 8.16. The largest absolute Gasteiger partial charge is 0.348 e. The summed E-state index contributed by atoms with van der Waals surface area (Å²) in [6, 6.07) is 14.9.